The fourth-order valence-electron chi connectivity index (χ4n) is 4.40. The SMILES string of the molecule is Cc1c[c-]c(-c2cc(C)c(C)cn2)cc1.[2H]c1nc(-c2[c-]ccc3c2oc2c4cc(C)sc4ccc32)c([2H])c([2H])c1[2H].[Ir]. The van der Waals surface area contributed by atoms with Crippen molar-refractivity contribution in [1.29, 1.82) is 0 Å². The molecule has 0 unspecified atom stereocenters. The molecule has 4 aromatic heterocycles. The van der Waals surface area contributed by atoms with E-state index in [-0.39, 0.29) is 50.1 Å². The van der Waals surface area contributed by atoms with Crippen LogP contribution in [0.4, 0.5) is 0 Å². The van der Waals surface area contributed by atoms with Gasteiger partial charge in [0.1, 0.15) is 5.58 Å². The van der Waals surface area contributed by atoms with E-state index in [0.717, 1.165) is 37.7 Å². The molecule has 0 N–H and O–H groups in total. The van der Waals surface area contributed by atoms with E-state index in [1.165, 1.54) is 21.6 Å². The van der Waals surface area contributed by atoms with Gasteiger partial charge in [-0.1, -0.05) is 47.7 Å². The Morgan fingerprint density at radius 2 is 1.67 bits per heavy atom. The Kier molecular flexibility index (Phi) is 6.40. The van der Waals surface area contributed by atoms with Crippen LogP contribution in [0, 0.1) is 39.8 Å². The van der Waals surface area contributed by atoms with E-state index in [1.54, 1.807) is 17.4 Å². The van der Waals surface area contributed by atoms with Crippen LogP contribution < -0.4 is 0 Å². The van der Waals surface area contributed by atoms with Crippen molar-refractivity contribution in [3.05, 3.63) is 119 Å². The number of nitrogens with zero attached hydrogens (tertiary/aromatic N) is 2. The van der Waals surface area contributed by atoms with Gasteiger partial charge < -0.3 is 14.4 Å². The predicted molar refractivity (Wildman–Crippen MR) is 159 cm³/mol. The summed E-state index contributed by atoms with van der Waals surface area (Å²) in [5.41, 5.74) is 7.67. The molecule has 39 heavy (non-hydrogen) atoms. The molecular weight excluding hydrogens is 677 g/mol. The van der Waals surface area contributed by atoms with Crippen LogP contribution in [0.2, 0.25) is 0 Å². The number of hydrogen-bond donors (Lipinski definition) is 0. The van der Waals surface area contributed by atoms with Crippen molar-refractivity contribution < 1.29 is 30.0 Å². The third-order valence-corrected chi connectivity index (χ3v) is 7.55. The van der Waals surface area contributed by atoms with Crippen molar-refractivity contribution in [3.8, 4) is 22.5 Å². The molecular formula is C34H26IrN2OS-2. The van der Waals surface area contributed by atoms with E-state index in [9.17, 15) is 0 Å². The number of aryl methyl sites for hydroxylation is 4. The van der Waals surface area contributed by atoms with Gasteiger partial charge in [-0.05, 0) is 55.9 Å². The molecule has 0 bridgehead atoms. The second-order valence-corrected chi connectivity index (χ2v) is 10.6. The molecule has 0 saturated heterocycles. The van der Waals surface area contributed by atoms with E-state index in [0.29, 0.717) is 11.1 Å². The van der Waals surface area contributed by atoms with Crippen molar-refractivity contribution in [2.75, 3.05) is 0 Å². The van der Waals surface area contributed by atoms with Crippen molar-refractivity contribution in [2.45, 2.75) is 27.7 Å². The van der Waals surface area contributed by atoms with Crippen LogP contribution in [-0.4, -0.2) is 9.97 Å². The minimum Gasteiger partial charge on any atom is -0.500 e. The quantitative estimate of drug-likeness (QED) is 0.168. The number of fused-ring (bicyclic) bond motifs is 5. The first-order valence-corrected chi connectivity index (χ1v) is 13.1. The van der Waals surface area contributed by atoms with Crippen LogP contribution in [0.25, 0.3) is 54.5 Å². The maximum absolute atomic E-state index is 8.20. The number of pyridine rings is 2. The predicted octanol–water partition coefficient (Wildman–Crippen LogP) is 9.44. The second kappa shape index (κ2) is 11.2. The monoisotopic (exact) mass is 707 g/mol. The average Bonchev–Trinajstić information content (AvgIpc) is 3.56. The summed E-state index contributed by atoms with van der Waals surface area (Å²) in [4.78, 5) is 9.68. The number of hydrogen-bond acceptors (Lipinski definition) is 4. The first kappa shape index (κ1) is 22.2. The molecule has 0 aliphatic heterocycles. The van der Waals surface area contributed by atoms with E-state index in [1.807, 2.05) is 24.4 Å². The molecule has 0 aliphatic rings. The summed E-state index contributed by atoms with van der Waals surface area (Å²) in [5, 5.41) is 2.88. The molecule has 4 heterocycles. The van der Waals surface area contributed by atoms with E-state index in [2.05, 4.69) is 80.1 Å². The van der Waals surface area contributed by atoms with Crippen molar-refractivity contribution in [3.63, 3.8) is 0 Å². The molecule has 0 fully saturated rings. The van der Waals surface area contributed by atoms with Crippen molar-refractivity contribution in [1.82, 2.24) is 9.97 Å². The van der Waals surface area contributed by atoms with E-state index < -0.39 is 0 Å². The minimum absolute atomic E-state index is 0. The van der Waals surface area contributed by atoms with Gasteiger partial charge in [0.05, 0.1) is 11.1 Å². The summed E-state index contributed by atoms with van der Waals surface area (Å²) < 4.78 is 39.0. The number of rotatable bonds is 2. The Bertz CT molecular complexity index is 2140. The van der Waals surface area contributed by atoms with Crippen LogP contribution in [0.1, 0.15) is 27.1 Å². The molecule has 7 aromatic rings. The molecule has 0 amide bonds. The van der Waals surface area contributed by atoms with Gasteiger partial charge in [0.15, 0.2) is 0 Å². The van der Waals surface area contributed by atoms with Gasteiger partial charge in [0, 0.05) is 52.8 Å². The maximum Gasteiger partial charge on any atom is 0.129 e. The molecule has 3 nitrogen and oxygen atoms in total. The molecule has 7 rings (SSSR count). The Morgan fingerprint density at radius 3 is 2.46 bits per heavy atom. The zero-order chi connectivity index (χ0) is 29.7. The summed E-state index contributed by atoms with van der Waals surface area (Å²) in [6, 6.07) is 23.5. The largest absolute Gasteiger partial charge is 0.500 e. The van der Waals surface area contributed by atoms with E-state index >= 15 is 0 Å². The van der Waals surface area contributed by atoms with Gasteiger partial charge >= 0.3 is 0 Å². The van der Waals surface area contributed by atoms with Gasteiger partial charge in [-0.2, -0.15) is 0 Å². The van der Waals surface area contributed by atoms with Gasteiger partial charge in [-0.15, -0.1) is 64.9 Å². The van der Waals surface area contributed by atoms with Gasteiger partial charge in [-0.25, -0.2) is 0 Å². The Hall–Kier alpha value is -3.63. The normalized spacial score (nSPS) is 12.3. The third-order valence-electron chi connectivity index (χ3n) is 6.54. The van der Waals surface area contributed by atoms with Gasteiger partial charge in [-0.3, -0.25) is 0 Å². The second-order valence-electron chi connectivity index (χ2n) is 9.29. The zero-order valence-electron chi connectivity index (χ0n) is 25.8. The number of thiophene rings is 1. The zero-order valence-corrected chi connectivity index (χ0v) is 25.0. The van der Waals surface area contributed by atoms with Gasteiger partial charge in [0.2, 0.25) is 0 Å². The summed E-state index contributed by atoms with van der Waals surface area (Å²) in [7, 11) is 0. The summed E-state index contributed by atoms with van der Waals surface area (Å²) in [5.74, 6) is 0. The fourth-order valence-corrected chi connectivity index (χ4v) is 5.32. The molecule has 0 spiro atoms. The van der Waals surface area contributed by atoms with Crippen LogP contribution in [0.5, 0.6) is 0 Å². The van der Waals surface area contributed by atoms with Crippen molar-refractivity contribution >= 4 is 43.4 Å². The topological polar surface area (TPSA) is 38.9 Å². The van der Waals surface area contributed by atoms with Gasteiger partial charge in [0.25, 0.3) is 0 Å². The van der Waals surface area contributed by atoms with Crippen LogP contribution in [0.15, 0.2) is 89.5 Å². The number of benzene rings is 3. The van der Waals surface area contributed by atoms with Crippen LogP contribution in [-0.2, 0) is 20.1 Å². The fraction of sp³-hybridized carbons (Fsp3) is 0.118. The Morgan fingerprint density at radius 1 is 0.821 bits per heavy atom. The molecule has 1 radical (unpaired) electrons. The molecule has 195 valence electrons. The molecule has 0 saturated carbocycles. The summed E-state index contributed by atoms with van der Waals surface area (Å²) in [6.45, 7) is 8.30. The average molecular weight is 707 g/mol. The number of furan rings is 1. The first-order valence-electron chi connectivity index (χ1n) is 14.2. The number of aromatic nitrogens is 2. The Balaban J connectivity index is 0.000000197. The Labute approximate surface area is 251 Å². The summed E-state index contributed by atoms with van der Waals surface area (Å²) in [6.07, 6.45) is 1.58. The first-order chi connectivity index (χ1) is 20.1. The molecule has 0 aliphatic carbocycles. The standard InChI is InChI=1S/C20H12NOS.C14H14N.Ir/c1-12-11-16-18(23-12)9-8-14-13-5-4-6-15(19(13)22-20(14)16)17-7-2-3-10-21-17;1-10-4-6-13(7-5-10)14-8-11(2)12(3)9-15-14;/h2-5,7-11H,1H3;4-6,8-9H,1-3H3;/q2*-1;/i2D,3D,7D,10D;;. The maximum atomic E-state index is 8.20. The minimum atomic E-state index is -0.351. The summed E-state index contributed by atoms with van der Waals surface area (Å²) >= 11 is 1.70. The van der Waals surface area contributed by atoms with E-state index in [4.69, 9.17) is 9.90 Å². The van der Waals surface area contributed by atoms with Crippen molar-refractivity contribution in [2.24, 2.45) is 0 Å². The smallest absolute Gasteiger partial charge is 0.129 e. The molecule has 3 aromatic carbocycles. The third kappa shape index (κ3) is 5.31. The van der Waals surface area contributed by atoms with Crippen LogP contribution >= 0.6 is 11.3 Å². The molecule has 5 heteroatoms. The molecule has 0 atom stereocenters. The van der Waals surface area contributed by atoms with Crippen LogP contribution in [0.3, 0.4) is 0 Å².